The van der Waals surface area contributed by atoms with E-state index in [4.69, 9.17) is 4.52 Å². The molecule has 142 valence electrons. The summed E-state index contributed by atoms with van der Waals surface area (Å²) < 4.78 is 18.3. The Morgan fingerprint density at radius 2 is 2.00 bits per heavy atom. The molecule has 0 amide bonds. The molecule has 1 atom stereocenters. The van der Waals surface area contributed by atoms with Crippen molar-refractivity contribution in [3.63, 3.8) is 0 Å². The van der Waals surface area contributed by atoms with Gasteiger partial charge in [0.15, 0.2) is 0 Å². The molecule has 0 saturated heterocycles. The van der Waals surface area contributed by atoms with Gasteiger partial charge in [-0.15, -0.1) is 0 Å². The van der Waals surface area contributed by atoms with Gasteiger partial charge in [0.25, 0.3) is 0 Å². The maximum atomic E-state index is 12.7. The second-order valence-electron chi connectivity index (χ2n) is 5.29. The quantitative estimate of drug-likeness (QED) is 0.221. The minimum atomic E-state index is -3.11. The standard InChI is InChI=1S/C15H20BrN4O4PS/c1-2-8-18-25(23,19-9-7-16)24-11-12-3-5-13(6-4-12)15-17-10-14(26-15)20(21)22/h3-6,10H,2,7-9,11H2,1H3,(H2,18,19,23). The van der Waals surface area contributed by atoms with Crippen LogP contribution in [0.1, 0.15) is 18.9 Å². The summed E-state index contributed by atoms with van der Waals surface area (Å²) in [5.41, 5.74) is 1.63. The molecule has 0 radical (unpaired) electrons. The number of hydrogen-bond donors (Lipinski definition) is 2. The first-order chi connectivity index (χ1) is 12.5. The Kier molecular flexibility index (Phi) is 8.33. The molecule has 0 aliphatic heterocycles. The Morgan fingerprint density at radius 3 is 2.58 bits per heavy atom. The van der Waals surface area contributed by atoms with Crippen molar-refractivity contribution in [1.82, 2.24) is 15.2 Å². The third-order valence-corrected chi connectivity index (χ3v) is 6.44. The molecule has 26 heavy (non-hydrogen) atoms. The topological polar surface area (TPSA) is 106 Å². The number of thiazole rings is 1. The van der Waals surface area contributed by atoms with Gasteiger partial charge in [0.1, 0.15) is 11.2 Å². The summed E-state index contributed by atoms with van der Waals surface area (Å²) in [6, 6.07) is 7.30. The first kappa shape index (κ1) is 21.1. The van der Waals surface area contributed by atoms with Gasteiger partial charge in [-0.2, -0.15) is 0 Å². The van der Waals surface area contributed by atoms with Gasteiger partial charge in [-0.25, -0.2) is 15.2 Å². The lowest BCUT2D eigenvalue weighted by atomic mass is 10.1. The summed E-state index contributed by atoms with van der Waals surface area (Å²) in [7, 11) is -3.11. The van der Waals surface area contributed by atoms with Crippen molar-refractivity contribution in [1.29, 1.82) is 0 Å². The molecule has 1 unspecified atom stereocenters. The van der Waals surface area contributed by atoms with Crippen LogP contribution in [-0.4, -0.2) is 28.3 Å². The lowest BCUT2D eigenvalue weighted by Gasteiger charge is -2.20. The van der Waals surface area contributed by atoms with E-state index in [1.807, 2.05) is 31.2 Å². The SMILES string of the molecule is CCCNP(=O)(NCCBr)OCc1ccc(-c2ncc([N+](=O)[O-])s2)cc1. The molecule has 0 aliphatic carbocycles. The van der Waals surface area contributed by atoms with Crippen LogP contribution in [0.25, 0.3) is 10.6 Å². The molecule has 1 aromatic carbocycles. The van der Waals surface area contributed by atoms with Crippen molar-refractivity contribution in [3.8, 4) is 10.6 Å². The van der Waals surface area contributed by atoms with Crippen LogP contribution in [0.5, 0.6) is 0 Å². The first-order valence-corrected chi connectivity index (χ1v) is 11.5. The van der Waals surface area contributed by atoms with Crippen molar-refractivity contribution in [3.05, 3.63) is 46.1 Å². The van der Waals surface area contributed by atoms with Crippen LogP contribution in [0.2, 0.25) is 0 Å². The second kappa shape index (κ2) is 10.2. The molecule has 1 heterocycles. The predicted octanol–water partition coefficient (Wildman–Crippen LogP) is 4.33. The van der Waals surface area contributed by atoms with Gasteiger partial charge >= 0.3 is 12.7 Å². The van der Waals surface area contributed by atoms with Crippen molar-refractivity contribution < 1.29 is 14.0 Å². The van der Waals surface area contributed by atoms with Gasteiger partial charge in [-0.05, 0) is 23.3 Å². The molecular formula is C15H20BrN4O4PS. The number of aromatic nitrogens is 1. The molecule has 1 aromatic heterocycles. The monoisotopic (exact) mass is 462 g/mol. The molecule has 2 aromatic rings. The highest BCUT2D eigenvalue weighted by atomic mass is 79.9. The molecule has 0 aliphatic rings. The number of hydrogen-bond acceptors (Lipinski definition) is 6. The third-order valence-electron chi connectivity index (χ3n) is 3.27. The number of alkyl halides is 1. The lowest BCUT2D eigenvalue weighted by Crippen LogP contribution is -2.26. The largest absolute Gasteiger partial charge is 0.344 e. The maximum Gasteiger partial charge on any atom is 0.344 e. The van der Waals surface area contributed by atoms with Crippen LogP contribution in [0.15, 0.2) is 30.5 Å². The van der Waals surface area contributed by atoms with E-state index >= 15 is 0 Å². The lowest BCUT2D eigenvalue weighted by molar-refractivity contribution is -0.380. The Balaban J connectivity index is 2.00. The van der Waals surface area contributed by atoms with Gasteiger partial charge < -0.3 is 4.52 Å². The molecule has 0 bridgehead atoms. The van der Waals surface area contributed by atoms with Crippen molar-refractivity contribution in [2.45, 2.75) is 20.0 Å². The molecule has 2 rings (SSSR count). The maximum absolute atomic E-state index is 12.7. The van der Waals surface area contributed by atoms with Crippen molar-refractivity contribution in [2.24, 2.45) is 0 Å². The predicted molar refractivity (Wildman–Crippen MR) is 107 cm³/mol. The zero-order chi connectivity index (χ0) is 19.0. The number of nitrogens with one attached hydrogen (secondary N) is 2. The van der Waals surface area contributed by atoms with E-state index in [1.165, 1.54) is 6.20 Å². The van der Waals surface area contributed by atoms with Gasteiger partial charge in [-0.3, -0.25) is 14.7 Å². The molecule has 11 heteroatoms. The van der Waals surface area contributed by atoms with Crippen molar-refractivity contribution in [2.75, 3.05) is 18.4 Å². The van der Waals surface area contributed by atoms with Crippen LogP contribution in [0.3, 0.4) is 0 Å². The summed E-state index contributed by atoms with van der Waals surface area (Å²) >= 11 is 4.32. The summed E-state index contributed by atoms with van der Waals surface area (Å²) in [6.45, 7) is 3.29. The zero-order valence-electron chi connectivity index (χ0n) is 14.2. The number of halogens is 1. The smallest absolute Gasteiger partial charge is 0.301 e. The Hall–Kier alpha value is -1.16. The van der Waals surface area contributed by atoms with Gasteiger partial charge in [0.2, 0.25) is 0 Å². The normalized spacial score (nSPS) is 13.5. The van der Waals surface area contributed by atoms with Gasteiger partial charge in [0.05, 0.1) is 11.5 Å². The van der Waals surface area contributed by atoms with E-state index in [9.17, 15) is 14.7 Å². The van der Waals surface area contributed by atoms with E-state index in [1.54, 1.807) is 0 Å². The highest BCUT2D eigenvalue weighted by Gasteiger charge is 2.21. The van der Waals surface area contributed by atoms with E-state index in [0.29, 0.717) is 23.4 Å². The third kappa shape index (κ3) is 6.22. The van der Waals surface area contributed by atoms with E-state index < -0.39 is 12.6 Å². The average molecular weight is 463 g/mol. The molecule has 8 nitrogen and oxygen atoms in total. The molecule has 0 spiro atoms. The number of nitro groups is 1. The second-order valence-corrected chi connectivity index (χ2v) is 9.08. The summed E-state index contributed by atoms with van der Waals surface area (Å²) in [6.07, 6.45) is 2.10. The van der Waals surface area contributed by atoms with Crippen molar-refractivity contribution >= 4 is 39.9 Å². The number of nitrogens with zero attached hydrogens (tertiary/aromatic N) is 2. The molecule has 0 saturated carbocycles. The van der Waals surface area contributed by atoms with Crippen LogP contribution < -0.4 is 10.2 Å². The van der Waals surface area contributed by atoms with E-state index in [-0.39, 0.29) is 11.6 Å². The Morgan fingerprint density at radius 1 is 1.31 bits per heavy atom. The number of rotatable bonds is 11. The van der Waals surface area contributed by atoms with Gasteiger partial charge in [0, 0.05) is 24.0 Å². The van der Waals surface area contributed by atoms with Crippen LogP contribution in [-0.2, 0) is 15.7 Å². The minimum absolute atomic E-state index is 0.00760. The van der Waals surface area contributed by atoms with E-state index in [0.717, 1.165) is 28.9 Å². The van der Waals surface area contributed by atoms with Crippen LogP contribution >= 0.6 is 34.9 Å². The van der Waals surface area contributed by atoms with Crippen LogP contribution in [0.4, 0.5) is 5.00 Å². The molecule has 0 fully saturated rings. The average Bonchev–Trinajstić information content (AvgIpc) is 3.14. The highest BCUT2D eigenvalue weighted by molar-refractivity contribution is 9.09. The summed E-state index contributed by atoms with van der Waals surface area (Å²) in [5.74, 6) is 0. The minimum Gasteiger partial charge on any atom is -0.301 e. The fraction of sp³-hybridized carbons (Fsp3) is 0.400. The Bertz CT molecular complexity index is 759. The molecule has 2 N–H and O–H groups in total. The summed E-state index contributed by atoms with van der Waals surface area (Å²) in [4.78, 5) is 14.4. The first-order valence-electron chi connectivity index (χ1n) is 7.97. The molecular weight excluding hydrogens is 443 g/mol. The van der Waals surface area contributed by atoms with E-state index in [2.05, 4.69) is 31.1 Å². The fourth-order valence-electron chi connectivity index (χ4n) is 1.99. The highest BCUT2D eigenvalue weighted by Crippen LogP contribution is 2.38. The summed E-state index contributed by atoms with van der Waals surface area (Å²) in [5, 5.41) is 17.8. The number of benzene rings is 1. The Labute approximate surface area is 164 Å². The fourth-order valence-corrected chi connectivity index (χ4v) is 4.78. The van der Waals surface area contributed by atoms with Gasteiger partial charge in [-0.1, -0.05) is 47.1 Å². The van der Waals surface area contributed by atoms with Crippen LogP contribution in [0, 0.1) is 10.1 Å². The zero-order valence-corrected chi connectivity index (χ0v) is 17.5.